The molecule has 2 rings (SSSR count). The molecule has 1 N–H and O–H groups in total. The van der Waals surface area contributed by atoms with Gasteiger partial charge in [-0.25, -0.2) is 0 Å². The summed E-state index contributed by atoms with van der Waals surface area (Å²) in [5, 5.41) is 3.48. The average molecular weight is 366 g/mol. The van der Waals surface area contributed by atoms with Gasteiger partial charge in [-0.15, -0.1) is 0 Å². The second-order valence-corrected chi connectivity index (χ2v) is 6.11. The van der Waals surface area contributed by atoms with Gasteiger partial charge < -0.3 is 10.1 Å². The SMILES string of the molecule is Cc1ccc(CNC(=O)COC(=O)Cc2c(Cl)cccc2Cl)cc1. The summed E-state index contributed by atoms with van der Waals surface area (Å²) in [4.78, 5) is 23.5. The third-order valence-corrected chi connectivity index (χ3v) is 4.07. The lowest BCUT2D eigenvalue weighted by Gasteiger charge is -2.08. The Balaban J connectivity index is 1.77. The number of rotatable bonds is 6. The molecule has 6 heteroatoms. The van der Waals surface area contributed by atoms with E-state index in [1.54, 1.807) is 18.2 Å². The van der Waals surface area contributed by atoms with E-state index in [0.29, 0.717) is 22.2 Å². The smallest absolute Gasteiger partial charge is 0.310 e. The largest absolute Gasteiger partial charge is 0.455 e. The van der Waals surface area contributed by atoms with Crippen LogP contribution < -0.4 is 5.32 Å². The second-order valence-electron chi connectivity index (χ2n) is 5.30. The van der Waals surface area contributed by atoms with Gasteiger partial charge in [0.05, 0.1) is 6.42 Å². The van der Waals surface area contributed by atoms with Crippen molar-refractivity contribution >= 4 is 35.1 Å². The van der Waals surface area contributed by atoms with Gasteiger partial charge in [-0.1, -0.05) is 59.1 Å². The van der Waals surface area contributed by atoms with Crippen molar-refractivity contribution in [3.05, 3.63) is 69.2 Å². The zero-order chi connectivity index (χ0) is 17.5. The van der Waals surface area contributed by atoms with Crippen LogP contribution in [0.4, 0.5) is 0 Å². The number of hydrogen-bond acceptors (Lipinski definition) is 3. The molecular formula is C18H17Cl2NO3. The van der Waals surface area contributed by atoms with E-state index < -0.39 is 5.97 Å². The molecule has 2 aromatic carbocycles. The Kier molecular flexibility index (Phi) is 6.64. The summed E-state index contributed by atoms with van der Waals surface area (Å²) in [5.41, 5.74) is 2.62. The lowest BCUT2D eigenvalue weighted by atomic mass is 10.1. The molecule has 24 heavy (non-hydrogen) atoms. The van der Waals surface area contributed by atoms with Crippen LogP contribution in [-0.2, 0) is 27.3 Å². The highest BCUT2D eigenvalue weighted by molar-refractivity contribution is 6.36. The molecule has 0 spiro atoms. The molecule has 0 radical (unpaired) electrons. The van der Waals surface area contributed by atoms with Crippen LogP contribution in [0, 0.1) is 6.92 Å². The third kappa shape index (κ3) is 5.55. The number of amides is 1. The zero-order valence-corrected chi connectivity index (χ0v) is 14.7. The first-order valence-corrected chi connectivity index (χ1v) is 8.12. The first kappa shape index (κ1) is 18.3. The zero-order valence-electron chi connectivity index (χ0n) is 13.1. The minimum atomic E-state index is -0.560. The van der Waals surface area contributed by atoms with Crippen molar-refractivity contribution in [2.75, 3.05) is 6.61 Å². The van der Waals surface area contributed by atoms with Crippen molar-refractivity contribution in [2.45, 2.75) is 19.9 Å². The van der Waals surface area contributed by atoms with Crippen LogP contribution >= 0.6 is 23.2 Å². The molecule has 0 saturated carbocycles. The fraction of sp³-hybridized carbons (Fsp3) is 0.222. The molecule has 0 heterocycles. The number of halogens is 2. The van der Waals surface area contributed by atoms with E-state index in [1.807, 2.05) is 31.2 Å². The standard InChI is InChI=1S/C18H17Cl2NO3/c1-12-5-7-13(8-6-12)10-21-17(22)11-24-18(23)9-14-15(19)3-2-4-16(14)20/h2-8H,9-11H2,1H3,(H,21,22). The lowest BCUT2D eigenvalue weighted by Crippen LogP contribution is -2.28. The molecule has 0 unspecified atom stereocenters. The van der Waals surface area contributed by atoms with E-state index >= 15 is 0 Å². The van der Waals surface area contributed by atoms with Crippen LogP contribution in [0.15, 0.2) is 42.5 Å². The maximum atomic E-state index is 11.8. The first-order chi connectivity index (χ1) is 11.5. The third-order valence-electron chi connectivity index (χ3n) is 3.36. The van der Waals surface area contributed by atoms with Crippen molar-refractivity contribution in [1.82, 2.24) is 5.32 Å². The topological polar surface area (TPSA) is 55.4 Å². The minimum absolute atomic E-state index is 0.0796. The summed E-state index contributed by atoms with van der Waals surface area (Å²) >= 11 is 12.0. The molecule has 126 valence electrons. The monoisotopic (exact) mass is 365 g/mol. The molecule has 0 aliphatic heterocycles. The molecule has 0 atom stereocenters. The van der Waals surface area contributed by atoms with Crippen molar-refractivity contribution in [3.63, 3.8) is 0 Å². The number of nitrogens with one attached hydrogen (secondary N) is 1. The van der Waals surface area contributed by atoms with Gasteiger partial charge in [0.15, 0.2) is 6.61 Å². The first-order valence-electron chi connectivity index (χ1n) is 7.36. The summed E-state index contributed by atoms with van der Waals surface area (Å²) in [6.07, 6.45) is -0.0796. The number of carbonyl (C=O) groups is 2. The van der Waals surface area contributed by atoms with E-state index in [1.165, 1.54) is 0 Å². The number of carbonyl (C=O) groups excluding carboxylic acids is 2. The van der Waals surface area contributed by atoms with Gasteiger partial charge >= 0.3 is 5.97 Å². The maximum Gasteiger partial charge on any atom is 0.310 e. The highest BCUT2D eigenvalue weighted by Gasteiger charge is 2.13. The van der Waals surface area contributed by atoms with Crippen molar-refractivity contribution in [1.29, 1.82) is 0 Å². The summed E-state index contributed by atoms with van der Waals surface area (Å²) in [7, 11) is 0. The minimum Gasteiger partial charge on any atom is -0.455 e. The van der Waals surface area contributed by atoms with E-state index in [4.69, 9.17) is 27.9 Å². The fourth-order valence-corrected chi connectivity index (χ4v) is 2.53. The van der Waals surface area contributed by atoms with Gasteiger partial charge in [0.2, 0.25) is 0 Å². The molecule has 0 aromatic heterocycles. The molecule has 0 fully saturated rings. The Bertz CT molecular complexity index is 709. The summed E-state index contributed by atoms with van der Waals surface area (Å²) in [6, 6.07) is 12.8. The van der Waals surface area contributed by atoms with Gasteiger partial charge in [0.1, 0.15) is 0 Å². The number of aryl methyl sites for hydroxylation is 1. The Labute approximate surface area is 150 Å². The number of ether oxygens (including phenoxy) is 1. The second kappa shape index (κ2) is 8.71. The van der Waals surface area contributed by atoms with Crippen LogP contribution in [0.5, 0.6) is 0 Å². The predicted molar refractivity (Wildman–Crippen MR) is 94.2 cm³/mol. The van der Waals surface area contributed by atoms with Crippen molar-refractivity contribution in [2.24, 2.45) is 0 Å². The van der Waals surface area contributed by atoms with Gasteiger partial charge in [0, 0.05) is 22.2 Å². The van der Waals surface area contributed by atoms with E-state index in [-0.39, 0.29) is 18.9 Å². The summed E-state index contributed by atoms with van der Waals surface area (Å²) in [5.74, 6) is -0.926. The molecule has 2 aromatic rings. The maximum absolute atomic E-state index is 11.8. The molecular weight excluding hydrogens is 349 g/mol. The Hall–Kier alpha value is -2.04. The van der Waals surface area contributed by atoms with Crippen molar-refractivity contribution < 1.29 is 14.3 Å². The Morgan fingerprint density at radius 2 is 1.67 bits per heavy atom. The Morgan fingerprint density at radius 3 is 2.29 bits per heavy atom. The molecule has 0 aliphatic carbocycles. The normalized spacial score (nSPS) is 10.3. The quantitative estimate of drug-likeness (QED) is 0.793. The molecule has 1 amide bonds. The highest BCUT2D eigenvalue weighted by atomic mass is 35.5. The van der Waals surface area contributed by atoms with Crippen molar-refractivity contribution in [3.8, 4) is 0 Å². The van der Waals surface area contributed by atoms with Gasteiger partial charge in [0.25, 0.3) is 5.91 Å². The summed E-state index contributed by atoms with van der Waals surface area (Å²) < 4.78 is 4.96. The fourth-order valence-electron chi connectivity index (χ4n) is 2.00. The molecule has 0 aliphatic rings. The van der Waals surface area contributed by atoms with E-state index in [9.17, 15) is 9.59 Å². The van der Waals surface area contributed by atoms with Crippen LogP contribution in [0.25, 0.3) is 0 Å². The van der Waals surface area contributed by atoms with Gasteiger partial charge in [-0.05, 0) is 24.6 Å². The molecule has 4 nitrogen and oxygen atoms in total. The van der Waals surface area contributed by atoms with Gasteiger partial charge in [-0.2, -0.15) is 0 Å². The van der Waals surface area contributed by atoms with Crippen LogP contribution in [0.3, 0.4) is 0 Å². The van der Waals surface area contributed by atoms with E-state index in [2.05, 4.69) is 5.32 Å². The van der Waals surface area contributed by atoms with Gasteiger partial charge in [-0.3, -0.25) is 9.59 Å². The molecule has 0 saturated heterocycles. The molecule has 0 bridgehead atoms. The van der Waals surface area contributed by atoms with Crippen LogP contribution in [0.2, 0.25) is 10.0 Å². The van der Waals surface area contributed by atoms with E-state index in [0.717, 1.165) is 11.1 Å². The average Bonchev–Trinajstić information content (AvgIpc) is 2.56. The predicted octanol–water partition coefficient (Wildman–Crippen LogP) is 3.70. The van der Waals surface area contributed by atoms with Crippen LogP contribution in [0.1, 0.15) is 16.7 Å². The number of esters is 1. The summed E-state index contributed by atoms with van der Waals surface area (Å²) in [6.45, 7) is 2.03. The highest BCUT2D eigenvalue weighted by Crippen LogP contribution is 2.24. The Morgan fingerprint density at radius 1 is 1.04 bits per heavy atom. The van der Waals surface area contributed by atoms with Crippen LogP contribution in [-0.4, -0.2) is 18.5 Å². The number of benzene rings is 2. The lowest BCUT2D eigenvalue weighted by molar-refractivity contribution is -0.147. The number of hydrogen-bond donors (Lipinski definition) is 1.